The highest BCUT2D eigenvalue weighted by atomic mass is 16.4. The van der Waals surface area contributed by atoms with Crippen molar-refractivity contribution < 1.29 is 14.7 Å². The quantitative estimate of drug-likeness (QED) is 0.697. The summed E-state index contributed by atoms with van der Waals surface area (Å²) in [4.78, 5) is 21.3. The van der Waals surface area contributed by atoms with E-state index in [1.165, 1.54) is 0 Å². The molecule has 0 radical (unpaired) electrons. The Balaban J connectivity index is 0.00000196. The van der Waals surface area contributed by atoms with Crippen LogP contribution in [0.3, 0.4) is 0 Å². The number of amides is 2. The number of urea groups is 1. The minimum Gasteiger partial charge on any atom is -0.479 e. The van der Waals surface area contributed by atoms with E-state index in [2.05, 4.69) is 5.32 Å². The number of carboxylic acid groups (broad SMARTS) is 1. The summed E-state index contributed by atoms with van der Waals surface area (Å²) in [5.41, 5.74) is 5.34. The lowest BCUT2D eigenvalue weighted by molar-refractivity contribution is -0.139. The van der Waals surface area contributed by atoms with Crippen molar-refractivity contribution in [3.8, 4) is 0 Å². The van der Waals surface area contributed by atoms with Gasteiger partial charge in [0, 0.05) is 0 Å². The van der Waals surface area contributed by atoms with Crippen LogP contribution < -0.4 is 11.1 Å². The molecule has 0 aromatic heterocycles. The molecule has 4 N–H and O–H groups in total. The summed E-state index contributed by atoms with van der Waals surface area (Å²) >= 11 is 0. The van der Waals surface area contributed by atoms with E-state index in [1.807, 2.05) is 0 Å². The zero-order valence-electron chi connectivity index (χ0n) is 7.31. The molecule has 0 bridgehead atoms. The lowest BCUT2D eigenvalue weighted by atomic mass is 10.1. The fourth-order valence-electron chi connectivity index (χ4n) is 1.08. The third-order valence-corrected chi connectivity index (χ3v) is 1.67. The molecule has 15 heavy (non-hydrogen) atoms. The molecule has 0 heterocycles. The molecule has 0 aliphatic heterocycles. The third kappa shape index (κ3) is 3.68. The first-order valence-electron chi connectivity index (χ1n) is 3.95. The molecule has 1 aromatic carbocycles. The zero-order valence-corrected chi connectivity index (χ0v) is 7.31. The van der Waals surface area contributed by atoms with Gasteiger partial charge in [0.1, 0.15) is 0 Å². The third-order valence-electron chi connectivity index (χ3n) is 1.67. The van der Waals surface area contributed by atoms with Crippen LogP contribution in [0.5, 0.6) is 0 Å². The van der Waals surface area contributed by atoms with Crippen LogP contribution >= 0.6 is 0 Å². The summed E-state index contributed by atoms with van der Waals surface area (Å²) in [5.74, 6) is -1.14. The van der Waals surface area contributed by atoms with E-state index in [9.17, 15) is 9.59 Å². The van der Waals surface area contributed by atoms with Crippen molar-refractivity contribution >= 4 is 12.0 Å². The second-order valence-corrected chi connectivity index (χ2v) is 2.69. The van der Waals surface area contributed by atoms with E-state index >= 15 is 0 Å². The average molecular weight is 210 g/mol. The molecular weight excluding hydrogens is 196 g/mol. The lowest BCUT2D eigenvalue weighted by Gasteiger charge is -2.12. The number of hydrogen-bond donors (Lipinski definition) is 3. The Bertz CT molecular complexity index is 338. The highest BCUT2D eigenvalue weighted by Crippen LogP contribution is 2.11. The number of carboxylic acids is 1. The van der Waals surface area contributed by atoms with Crippen LogP contribution in [0.1, 0.15) is 19.0 Å². The first kappa shape index (κ1) is 13.0. The van der Waals surface area contributed by atoms with Gasteiger partial charge >= 0.3 is 12.0 Å². The Morgan fingerprint density at radius 3 is 2.20 bits per heavy atom. The number of carbonyl (C=O) groups excluding carboxylic acids is 1. The maximum absolute atomic E-state index is 10.8. The molecule has 1 aromatic rings. The molecule has 1 atom stereocenters. The molecule has 82 valence electrons. The minimum atomic E-state index is -1.14. The topological polar surface area (TPSA) is 92.4 Å². The van der Waals surface area contributed by atoms with E-state index < -0.39 is 18.0 Å². The van der Waals surface area contributed by atoms with E-state index in [1.54, 1.807) is 30.3 Å². The van der Waals surface area contributed by atoms with Gasteiger partial charge in [-0.25, -0.2) is 9.59 Å². The van der Waals surface area contributed by atoms with Gasteiger partial charge < -0.3 is 16.2 Å². The number of nitrogens with two attached hydrogens (primary N) is 1. The zero-order chi connectivity index (χ0) is 10.6. The Morgan fingerprint density at radius 2 is 1.80 bits per heavy atom. The predicted octanol–water partition coefficient (Wildman–Crippen LogP) is 1.12. The van der Waals surface area contributed by atoms with Crippen molar-refractivity contribution in [2.24, 2.45) is 5.73 Å². The fourth-order valence-corrected chi connectivity index (χ4v) is 1.08. The van der Waals surface area contributed by atoms with E-state index in [-0.39, 0.29) is 7.43 Å². The molecule has 5 heteroatoms. The van der Waals surface area contributed by atoms with Gasteiger partial charge in [0.05, 0.1) is 0 Å². The molecule has 0 saturated carbocycles. The molecule has 0 aliphatic rings. The smallest absolute Gasteiger partial charge is 0.330 e. The number of rotatable bonds is 3. The SMILES string of the molecule is C.NC(=O)NC(C(=O)O)c1ccccc1. The molecule has 0 spiro atoms. The summed E-state index contributed by atoms with van der Waals surface area (Å²) in [6, 6.07) is 6.40. The highest BCUT2D eigenvalue weighted by Gasteiger charge is 2.20. The van der Waals surface area contributed by atoms with Gasteiger partial charge in [-0.3, -0.25) is 0 Å². The monoisotopic (exact) mass is 210 g/mol. The van der Waals surface area contributed by atoms with Crippen molar-refractivity contribution in [1.29, 1.82) is 0 Å². The van der Waals surface area contributed by atoms with Gasteiger partial charge in [-0.15, -0.1) is 0 Å². The Labute approximate surface area is 87.9 Å². The number of carbonyl (C=O) groups is 2. The van der Waals surface area contributed by atoms with Crippen LogP contribution in [0.15, 0.2) is 30.3 Å². The van der Waals surface area contributed by atoms with E-state index in [4.69, 9.17) is 10.8 Å². The Kier molecular flexibility index (Phi) is 4.87. The standard InChI is InChI=1S/C9H10N2O3.CH4/c10-9(14)11-7(8(12)13)6-4-2-1-3-5-6;/h1-5,7H,(H,12,13)(H3,10,11,14);1H4. The van der Waals surface area contributed by atoms with Crippen molar-refractivity contribution in [2.75, 3.05) is 0 Å². The summed E-state index contributed by atoms with van der Waals surface area (Å²) in [6.07, 6.45) is 0. The summed E-state index contributed by atoms with van der Waals surface area (Å²) in [6.45, 7) is 0. The molecule has 1 rings (SSSR count). The first-order valence-corrected chi connectivity index (χ1v) is 3.95. The second-order valence-electron chi connectivity index (χ2n) is 2.69. The maximum atomic E-state index is 10.8. The van der Waals surface area contributed by atoms with Gasteiger partial charge in [0.15, 0.2) is 6.04 Å². The Morgan fingerprint density at radius 1 is 1.27 bits per heavy atom. The Hall–Kier alpha value is -2.04. The van der Waals surface area contributed by atoms with Gasteiger partial charge in [-0.05, 0) is 5.56 Å². The molecule has 5 nitrogen and oxygen atoms in total. The highest BCUT2D eigenvalue weighted by molar-refractivity contribution is 5.82. The normalized spacial score (nSPS) is 10.9. The number of benzene rings is 1. The average Bonchev–Trinajstić information content (AvgIpc) is 2.15. The molecular formula is C10H14N2O3. The van der Waals surface area contributed by atoms with Crippen LogP contribution in [-0.2, 0) is 4.79 Å². The van der Waals surface area contributed by atoms with Crippen molar-refractivity contribution in [3.05, 3.63) is 35.9 Å². The van der Waals surface area contributed by atoms with Crippen LogP contribution in [0.2, 0.25) is 0 Å². The molecule has 0 aliphatic carbocycles. The van der Waals surface area contributed by atoms with E-state index in [0.29, 0.717) is 5.56 Å². The van der Waals surface area contributed by atoms with Crippen LogP contribution in [0.4, 0.5) is 4.79 Å². The van der Waals surface area contributed by atoms with Crippen molar-refractivity contribution in [1.82, 2.24) is 5.32 Å². The molecule has 1 unspecified atom stereocenters. The van der Waals surface area contributed by atoms with Gasteiger partial charge in [-0.2, -0.15) is 0 Å². The molecule has 0 fully saturated rings. The lowest BCUT2D eigenvalue weighted by Crippen LogP contribution is -2.37. The predicted molar refractivity (Wildman–Crippen MR) is 56.3 cm³/mol. The number of nitrogens with one attached hydrogen (secondary N) is 1. The minimum absolute atomic E-state index is 0. The first-order chi connectivity index (χ1) is 6.61. The van der Waals surface area contributed by atoms with Crippen LogP contribution in [0.25, 0.3) is 0 Å². The number of primary amides is 1. The number of hydrogen-bond acceptors (Lipinski definition) is 2. The fraction of sp³-hybridized carbons (Fsp3) is 0.200. The van der Waals surface area contributed by atoms with Crippen LogP contribution in [0, 0.1) is 0 Å². The van der Waals surface area contributed by atoms with Crippen LogP contribution in [-0.4, -0.2) is 17.1 Å². The van der Waals surface area contributed by atoms with Crippen molar-refractivity contribution in [3.63, 3.8) is 0 Å². The summed E-state index contributed by atoms with van der Waals surface area (Å²) < 4.78 is 0. The molecule has 0 saturated heterocycles. The largest absolute Gasteiger partial charge is 0.479 e. The van der Waals surface area contributed by atoms with Crippen molar-refractivity contribution in [2.45, 2.75) is 13.5 Å². The van der Waals surface area contributed by atoms with Gasteiger partial charge in [0.2, 0.25) is 0 Å². The summed E-state index contributed by atoms with van der Waals surface area (Å²) in [5, 5.41) is 10.9. The van der Waals surface area contributed by atoms with Gasteiger partial charge in [-0.1, -0.05) is 37.8 Å². The number of aliphatic carboxylic acids is 1. The summed E-state index contributed by atoms with van der Waals surface area (Å²) in [7, 11) is 0. The molecule has 2 amide bonds. The second kappa shape index (κ2) is 5.64. The van der Waals surface area contributed by atoms with E-state index in [0.717, 1.165) is 0 Å². The maximum Gasteiger partial charge on any atom is 0.330 e. The van der Waals surface area contributed by atoms with Gasteiger partial charge in [0.25, 0.3) is 0 Å².